The molecule has 3 rings (SSSR count). The number of carbonyl (C=O) groups excluding carboxylic acids is 2. The number of carbonyl (C=O) groups is 2. The molecule has 3 aromatic rings. The normalized spacial score (nSPS) is 10.7. The minimum Gasteiger partial charge on any atom is -0.495 e. The lowest BCUT2D eigenvalue weighted by Gasteiger charge is -2.10. The largest absolute Gasteiger partial charge is 0.495 e. The number of benzene rings is 2. The molecule has 25 heavy (non-hydrogen) atoms. The van der Waals surface area contributed by atoms with Gasteiger partial charge in [-0.3, -0.25) is 9.59 Å². The molecule has 0 bridgehead atoms. The van der Waals surface area contributed by atoms with Crippen molar-refractivity contribution in [1.29, 1.82) is 0 Å². The Morgan fingerprint density at radius 1 is 1.24 bits per heavy atom. The van der Waals surface area contributed by atoms with Crippen LogP contribution in [0.15, 0.2) is 40.8 Å². The van der Waals surface area contributed by atoms with Gasteiger partial charge in [0.15, 0.2) is 11.3 Å². The van der Waals surface area contributed by atoms with Crippen molar-refractivity contribution in [3.05, 3.63) is 58.3 Å². The highest BCUT2D eigenvalue weighted by molar-refractivity contribution is 6.35. The van der Waals surface area contributed by atoms with Crippen LogP contribution in [0.5, 0.6) is 5.75 Å². The van der Waals surface area contributed by atoms with E-state index in [1.54, 1.807) is 25.1 Å². The summed E-state index contributed by atoms with van der Waals surface area (Å²) in [6.07, 6.45) is 0. The van der Waals surface area contributed by atoms with Crippen LogP contribution in [0.3, 0.4) is 0 Å². The smallest absolute Gasteiger partial charge is 0.291 e. The van der Waals surface area contributed by atoms with Gasteiger partial charge in [-0.2, -0.15) is 0 Å². The maximum absolute atomic E-state index is 12.6. The summed E-state index contributed by atoms with van der Waals surface area (Å²) in [6, 6.07) is 9.82. The van der Waals surface area contributed by atoms with E-state index in [1.165, 1.54) is 19.2 Å². The molecule has 1 heterocycles. The highest BCUT2D eigenvalue weighted by Gasteiger charge is 2.20. The van der Waals surface area contributed by atoms with E-state index in [1.807, 2.05) is 6.07 Å². The summed E-state index contributed by atoms with van der Waals surface area (Å²) in [4.78, 5) is 24.0. The minimum absolute atomic E-state index is 0.134. The number of aryl methyl sites for hydroxylation is 1. The first kappa shape index (κ1) is 16.9. The maximum Gasteiger partial charge on any atom is 0.291 e. The Hall–Kier alpha value is -2.99. The number of halogens is 1. The molecule has 0 aliphatic carbocycles. The fraction of sp³-hybridized carbons (Fsp3) is 0.111. The van der Waals surface area contributed by atoms with Crippen molar-refractivity contribution in [1.82, 2.24) is 0 Å². The molecule has 0 atom stereocenters. The number of rotatable bonds is 4. The Labute approximate surface area is 148 Å². The number of furan rings is 1. The van der Waals surface area contributed by atoms with Gasteiger partial charge in [0.2, 0.25) is 5.91 Å². The number of methoxy groups -OCH3 is 1. The lowest BCUT2D eigenvalue weighted by molar-refractivity contribution is 0.0988. The van der Waals surface area contributed by atoms with E-state index in [2.05, 4.69) is 5.32 Å². The zero-order valence-electron chi connectivity index (χ0n) is 13.6. The Balaban J connectivity index is 2.00. The van der Waals surface area contributed by atoms with Crippen molar-refractivity contribution in [3.63, 3.8) is 0 Å². The van der Waals surface area contributed by atoms with Gasteiger partial charge >= 0.3 is 0 Å². The van der Waals surface area contributed by atoms with Crippen LogP contribution in [0.2, 0.25) is 5.02 Å². The fourth-order valence-electron chi connectivity index (χ4n) is 2.56. The standard InChI is InChI=1S/C18H15ClN2O4/c1-9-11-4-3-5-12(19)16(11)25-15(9)18(23)21-13-8-10(17(20)22)6-7-14(13)24-2/h3-8H,1-2H3,(H2,20,22)(H,21,23). The van der Waals surface area contributed by atoms with Crippen molar-refractivity contribution in [2.24, 2.45) is 5.73 Å². The number of nitrogens with one attached hydrogen (secondary N) is 1. The van der Waals surface area contributed by atoms with Gasteiger partial charge < -0.3 is 20.2 Å². The Kier molecular flexibility index (Phi) is 4.37. The second-order valence-corrected chi connectivity index (χ2v) is 5.81. The monoisotopic (exact) mass is 358 g/mol. The third-order valence-electron chi connectivity index (χ3n) is 3.85. The van der Waals surface area contributed by atoms with Gasteiger partial charge in [-0.1, -0.05) is 23.7 Å². The molecule has 0 fully saturated rings. The number of ether oxygens (including phenoxy) is 1. The van der Waals surface area contributed by atoms with Crippen LogP contribution in [-0.4, -0.2) is 18.9 Å². The molecule has 2 aromatic carbocycles. The summed E-state index contributed by atoms with van der Waals surface area (Å²) in [5, 5.41) is 3.87. The summed E-state index contributed by atoms with van der Waals surface area (Å²) in [5.41, 5.74) is 6.96. The summed E-state index contributed by atoms with van der Waals surface area (Å²) in [6.45, 7) is 1.77. The summed E-state index contributed by atoms with van der Waals surface area (Å²) in [5.74, 6) is -0.561. The predicted octanol–water partition coefficient (Wildman–Crippen LogP) is 3.75. The van der Waals surface area contributed by atoms with Gasteiger partial charge in [-0.25, -0.2) is 0 Å². The van der Waals surface area contributed by atoms with Crippen LogP contribution in [-0.2, 0) is 0 Å². The molecule has 0 aliphatic rings. The zero-order valence-corrected chi connectivity index (χ0v) is 14.3. The first-order chi connectivity index (χ1) is 11.9. The second-order valence-electron chi connectivity index (χ2n) is 5.41. The minimum atomic E-state index is -0.607. The number of nitrogens with two attached hydrogens (primary N) is 1. The molecule has 128 valence electrons. The number of primary amides is 1. The summed E-state index contributed by atoms with van der Waals surface area (Å²) >= 11 is 6.11. The molecule has 0 radical (unpaired) electrons. The summed E-state index contributed by atoms with van der Waals surface area (Å²) in [7, 11) is 1.46. The highest BCUT2D eigenvalue weighted by Crippen LogP contribution is 2.32. The quantitative estimate of drug-likeness (QED) is 0.742. The van der Waals surface area contributed by atoms with E-state index >= 15 is 0 Å². The van der Waals surface area contributed by atoms with Gasteiger partial charge in [0, 0.05) is 16.5 Å². The molecular formula is C18H15ClN2O4. The van der Waals surface area contributed by atoms with Crippen LogP contribution < -0.4 is 15.8 Å². The lowest BCUT2D eigenvalue weighted by Crippen LogP contribution is -2.15. The lowest BCUT2D eigenvalue weighted by atomic mass is 10.1. The Morgan fingerprint density at radius 2 is 2.00 bits per heavy atom. The van der Waals surface area contributed by atoms with Crippen molar-refractivity contribution < 1.29 is 18.7 Å². The highest BCUT2D eigenvalue weighted by atomic mass is 35.5. The number of amides is 2. The van der Waals surface area contributed by atoms with Gasteiger partial charge in [0.25, 0.3) is 5.91 Å². The number of hydrogen-bond acceptors (Lipinski definition) is 4. The average molecular weight is 359 g/mol. The molecule has 6 nitrogen and oxygen atoms in total. The van der Waals surface area contributed by atoms with Gasteiger partial charge in [-0.15, -0.1) is 0 Å². The molecule has 7 heteroatoms. The first-order valence-electron chi connectivity index (χ1n) is 7.39. The topological polar surface area (TPSA) is 94.6 Å². The fourth-order valence-corrected chi connectivity index (χ4v) is 2.78. The number of fused-ring (bicyclic) bond motifs is 1. The van der Waals surface area contributed by atoms with E-state index in [0.29, 0.717) is 27.6 Å². The molecule has 0 unspecified atom stereocenters. The predicted molar refractivity (Wildman–Crippen MR) is 95.4 cm³/mol. The van der Waals surface area contributed by atoms with Crippen LogP contribution in [0, 0.1) is 6.92 Å². The van der Waals surface area contributed by atoms with Crippen LogP contribution >= 0.6 is 11.6 Å². The molecule has 0 saturated carbocycles. The van der Waals surface area contributed by atoms with Crippen LogP contribution in [0.1, 0.15) is 26.5 Å². The van der Waals surface area contributed by atoms with Gasteiger partial charge in [0.05, 0.1) is 17.8 Å². The van der Waals surface area contributed by atoms with Gasteiger partial charge in [-0.05, 0) is 31.2 Å². The maximum atomic E-state index is 12.6. The number of para-hydroxylation sites is 1. The third kappa shape index (κ3) is 3.04. The van der Waals surface area contributed by atoms with Crippen LogP contribution in [0.4, 0.5) is 5.69 Å². The second kappa shape index (κ2) is 6.49. The van der Waals surface area contributed by atoms with Gasteiger partial charge in [0.1, 0.15) is 5.75 Å². The molecule has 0 spiro atoms. The zero-order chi connectivity index (χ0) is 18.1. The Morgan fingerprint density at radius 3 is 2.64 bits per heavy atom. The molecular weight excluding hydrogens is 344 g/mol. The van der Waals surface area contributed by atoms with E-state index in [9.17, 15) is 9.59 Å². The number of hydrogen-bond donors (Lipinski definition) is 2. The van der Waals surface area contributed by atoms with Crippen LogP contribution in [0.25, 0.3) is 11.0 Å². The van der Waals surface area contributed by atoms with Crippen molar-refractivity contribution >= 4 is 40.1 Å². The van der Waals surface area contributed by atoms with Crippen molar-refractivity contribution in [2.45, 2.75) is 6.92 Å². The third-order valence-corrected chi connectivity index (χ3v) is 4.15. The van der Waals surface area contributed by atoms with E-state index in [4.69, 9.17) is 26.5 Å². The molecule has 0 saturated heterocycles. The SMILES string of the molecule is COc1ccc(C(N)=O)cc1NC(=O)c1oc2c(Cl)cccc2c1C. The summed E-state index contributed by atoms with van der Waals surface area (Å²) < 4.78 is 10.8. The van der Waals surface area contributed by atoms with E-state index < -0.39 is 11.8 Å². The van der Waals surface area contributed by atoms with Crippen molar-refractivity contribution in [2.75, 3.05) is 12.4 Å². The van der Waals surface area contributed by atoms with E-state index in [0.717, 1.165) is 5.39 Å². The van der Waals surface area contributed by atoms with E-state index in [-0.39, 0.29) is 11.3 Å². The molecule has 1 aromatic heterocycles. The molecule has 2 amide bonds. The Bertz CT molecular complexity index is 994. The number of anilines is 1. The van der Waals surface area contributed by atoms with Crippen molar-refractivity contribution in [3.8, 4) is 5.75 Å². The average Bonchev–Trinajstić information content (AvgIpc) is 2.93. The first-order valence-corrected chi connectivity index (χ1v) is 7.77. The molecule has 0 aliphatic heterocycles. The molecule has 3 N–H and O–H groups in total.